The average Bonchev–Trinajstić information content (AvgIpc) is 2.87. The largest absolute Gasteiger partial charge is 0.300 e. The molecule has 106 valence electrons. The second-order valence-corrected chi connectivity index (χ2v) is 5.43. The van der Waals surface area contributed by atoms with Crippen molar-refractivity contribution in [3.8, 4) is 11.3 Å². The number of rotatable bonds is 5. The third kappa shape index (κ3) is 3.19. The Morgan fingerprint density at radius 1 is 1.50 bits per heavy atom. The van der Waals surface area contributed by atoms with E-state index in [0.717, 1.165) is 22.8 Å². The monoisotopic (exact) mass is 290 g/mol. The van der Waals surface area contributed by atoms with Crippen molar-refractivity contribution >= 4 is 23.5 Å². The highest BCUT2D eigenvalue weighted by Crippen LogP contribution is 2.22. The van der Waals surface area contributed by atoms with Crippen molar-refractivity contribution in [1.82, 2.24) is 14.8 Å². The minimum Gasteiger partial charge on any atom is -0.300 e. The van der Waals surface area contributed by atoms with E-state index in [1.807, 2.05) is 31.5 Å². The fourth-order valence-corrected chi connectivity index (χ4v) is 2.29. The average molecular weight is 290 g/mol. The summed E-state index contributed by atoms with van der Waals surface area (Å²) in [6.07, 6.45) is 6.02. The van der Waals surface area contributed by atoms with Crippen LogP contribution in [0.3, 0.4) is 0 Å². The molecule has 0 aliphatic rings. The maximum atomic E-state index is 12.1. The number of carbonyl (C=O) groups is 1. The maximum absolute atomic E-state index is 12.1. The quantitative estimate of drug-likeness (QED) is 0.847. The van der Waals surface area contributed by atoms with E-state index in [9.17, 15) is 4.79 Å². The molecule has 5 nitrogen and oxygen atoms in total. The minimum atomic E-state index is 0.0973. The van der Waals surface area contributed by atoms with Gasteiger partial charge in [-0.15, -0.1) is 0 Å². The number of nitrogens with zero attached hydrogens (tertiary/aromatic N) is 4. The highest BCUT2D eigenvalue weighted by Gasteiger charge is 2.16. The molecule has 0 bridgehead atoms. The lowest BCUT2D eigenvalue weighted by Crippen LogP contribution is -2.28. The second kappa shape index (κ2) is 6.56. The van der Waals surface area contributed by atoms with E-state index in [4.69, 9.17) is 0 Å². The Balaban J connectivity index is 2.21. The first-order valence-electron chi connectivity index (χ1n) is 6.33. The van der Waals surface area contributed by atoms with Crippen molar-refractivity contribution in [2.24, 2.45) is 7.05 Å². The summed E-state index contributed by atoms with van der Waals surface area (Å²) >= 11 is 1.67. The van der Waals surface area contributed by atoms with E-state index >= 15 is 0 Å². The smallest absolute Gasteiger partial charge is 0.228 e. The summed E-state index contributed by atoms with van der Waals surface area (Å²) < 4.78 is 1.72. The van der Waals surface area contributed by atoms with Gasteiger partial charge in [-0.05, 0) is 18.4 Å². The molecule has 0 spiro atoms. The van der Waals surface area contributed by atoms with E-state index in [1.54, 1.807) is 40.8 Å². The third-order valence-electron chi connectivity index (χ3n) is 3.05. The molecule has 2 rings (SSSR count). The van der Waals surface area contributed by atoms with Crippen molar-refractivity contribution in [3.05, 3.63) is 30.6 Å². The molecule has 1 amide bonds. The molecule has 0 saturated carbocycles. The number of aromatic nitrogens is 3. The third-order valence-corrected chi connectivity index (χ3v) is 3.66. The summed E-state index contributed by atoms with van der Waals surface area (Å²) in [6, 6.07) is 5.74. The summed E-state index contributed by atoms with van der Waals surface area (Å²) in [5, 5.41) is 4.44. The molecule has 0 aliphatic carbocycles. The Hall–Kier alpha value is -1.82. The van der Waals surface area contributed by atoms with E-state index in [0.29, 0.717) is 6.42 Å². The van der Waals surface area contributed by atoms with Crippen LogP contribution in [0.15, 0.2) is 30.6 Å². The molecule has 0 atom stereocenters. The SMILES string of the molecule is CSCCC(=O)N(C)c1cc(-c2cccnc2)nn1C. The van der Waals surface area contributed by atoms with Crippen molar-refractivity contribution in [3.63, 3.8) is 0 Å². The van der Waals surface area contributed by atoms with Crippen molar-refractivity contribution < 1.29 is 4.79 Å². The van der Waals surface area contributed by atoms with Crippen LogP contribution in [0.4, 0.5) is 5.82 Å². The van der Waals surface area contributed by atoms with Gasteiger partial charge in [0, 0.05) is 50.3 Å². The molecule has 20 heavy (non-hydrogen) atoms. The van der Waals surface area contributed by atoms with Gasteiger partial charge in [-0.3, -0.25) is 14.5 Å². The molecule has 0 radical (unpaired) electrons. The van der Waals surface area contributed by atoms with Crippen LogP contribution >= 0.6 is 11.8 Å². The number of anilines is 1. The van der Waals surface area contributed by atoms with Crippen LogP contribution < -0.4 is 4.90 Å². The molecule has 2 aromatic heterocycles. The summed E-state index contributed by atoms with van der Waals surface area (Å²) in [5.74, 6) is 1.71. The van der Waals surface area contributed by atoms with E-state index in [1.165, 1.54) is 0 Å². The van der Waals surface area contributed by atoms with Gasteiger partial charge in [-0.2, -0.15) is 16.9 Å². The van der Waals surface area contributed by atoms with Gasteiger partial charge in [0.05, 0.1) is 5.69 Å². The Kier molecular flexibility index (Phi) is 4.79. The summed E-state index contributed by atoms with van der Waals surface area (Å²) in [5.41, 5.74) is 1.76. The number of hydrogen-bond acceptors (Lipinski definition) is 4. The fourth-order valence-electron chi connectivity index (χ4n) is 1.91. The first-order valence-corrected chi connectivity index (χ1v) is 7.73. The van der Waals surface area contributed by atoms with Crippen molar-refractivity contribution in [2.45, 2.75) is 6.42 Å². The number of aryl methyl sites for hydroxylation is 1. The summed E-state index contributed by atoms with van der Waals surface area (Å²) in [6.45, 7) is 0. The van der Waals surface area contributed by atoms with Crippen LogP contribution in [0, 0.1) is 0 Å². The predicted octanol–water partition coefficient (Wildman–Crippen LogP) is 2.20. The standard InChI is InChI=1S/C14H18N4OS/c1-17(14(19)6-8-20-3)13-9-12(16-18(13)2)11-5-4-7-15-10-11/h4-5,7,9-10H,6,8H2,1-3H3. The molecule has 0 fully saturated rings. The Bertz CT molecular complexity index is 582. The van der Waals surface area contributed by atoms with Gasteiger partial charge >= 0.3 is 0 Å². The molecule has 0 saturated heterocycles. The molecular weight excluding hydrogens is 272 g/mol. The number of pyridine rings is 1. The van der Waals surface area contributed by atoms with Gasteiger partial charge in [0.1, 0.15) is 5.82 Å². The Labute approximate surface area is 123 Å². The van der Waals surface area contributed by atoms with E-state index in [2.05, 4.69) is 10.1 Å². The topological polar surface area (TPSA) is 51.0 Å². The van der Waals surface area contributed by atoms with Gasteiger partial charge in [0.2, 0.25) is 5.91 Å². The molecule has 0 aliphatic heterocycles. The zero-order valence-corrected chi connectivity index (χ0v) is 12.7. The molecular formula is C14H18N4OS. The van der Waals surface area contributed by atoms with Crippen molar-refractivity contribution in [2.75, 3.05) is 24.0 Å². The van der Waals surface area contributed by atoms with Crippen LogP contribution in [0.1, 0.15) is 6.42 Å². The lowest BCUT2D eigenvalue weighted by molar-refractivity contribution is -0.118. The Morgan fingerprint density at radius 3 is 2.95 bits per heavy atom. The van der Waals surface area contributed by atoms with Crippen molar-refractivity contribution in [1.29, 1.82) is 0 Å². The normalized spacial score (nSPS) is 10.6. The maximum Gasteiger partial charge on any atom is 0.228 e. The number of hydrogen-bond donors (Lipinski definition) is 0. The molecule has 0 aromatic carbocycles. The van der Waals surface area contributed by atoms with Crippen LogP contribution in [0.5, 0.6) is 0 Å². The number of thioether (sulfide) groups is 1. The van der Waals surface area contributed by atoms with Gasteiger partial charge in [0.25, 0.3) is 0 Å². The van der Waals surface area contributed by atoms with E-state index in [-0.39, 0.29) is 5.91 Å². The molecule has 0 N–H and O–H groups in total. The number of carbonyl (C=O) groups excluding carboxylic acids is 1. The lowest BCUT2D eigenvalue weighted by atomic mass is 10.2. The summed E-state index contributed by atoms with van der Waals surface area (Å²) in [4.78, 5) is 17.8. The van der Waals surface area contributed by atoms with Gasteiger partial charge < -0.3 is 4.90 Å². The zero-order chi connectivity index (χ0) is 14.5. The molecule has 6 heteroatoms. The minimum absolute atomic E-state index is 0.0973. The summed E-state index contributed by atoms with van der Waals surface area (Å²) in [7, 11) is 3.63. The first kappa shape index (κ1) is 14.6. The fraction of sp³-hybridized carbons (Fsp3) is 0.357. The second-order valence-electron chi connectivity index (χ2n) is 4.45. The zero-order valence-electron chi connectivity index (χ0n) is 11.9. The number of amides is 1. The van der Waals surface area contributed by atoms with Crippen LogP contribution in [0.2, 0.25) is 0 Å². The molecule has 2 aromatic rings. The van der Waals surface area contributed by atoms with Crippen LogP contribution in [-0.2, 0) is 11.8 Å². The molecule has 0 unspecified atom stereocenters. The van der Waals surface area contributed by atoms with Gasteiger partial charge in [-0.1, -0.05) is 0 Å². The predicted molar refractivity (Wildman–Crippen MR) is 82.8 cm³/mol. The van der Waals surface area contributed by atoms with Crippen LogP contribution in [-0.4, -0.2) is 39.7 Å². The molecule has 2 heterocycles. The van der Waals surface area contributed by atoms with Gasteiger partial charge in [-0.25, -0.2) is 0 Å². The lowest BCUT2D eigenvalue weighted by Gasteiger charge is -2.16. The highest BCUT2D eigenvalue weighted by molar-refractivity contribution is 7.98. The van der Waals surface area contributed by atoms with Gasteiger partial charge in [0.15, 0.2) is 0 Å². The first-order chi connectivity index (χ1) is 9.63. The highest BCUT2D eigenvalue weighted by atomic mass is 32.2. The Morgan fingerprint density at radius 2 is 2.30 bits per heavy atom. The van der Waals surface area contributed by atoms with E-state index < -0.39 is 0 Å². The van der Waals surface area contributed by atoms with Crippen LogP contribution in [0.25, 0.3) is 11.3 Å².